The number of benzene rings is 2. The highest BCUT2D eigenvalue weighted by Crippen LogP contribution is 2.19. The molecule has 1 aliphatic rings. The van der Waals surface area contributed by atoms with E-state index in [1.807, 2.05) is 30.3 Å². The molecule has 0 aliphatic carbocycles. The minimum Gasteiger partial charge on any atom is -0.335 e. The van der Waals surface area contributed by atoms with Crippen molar-refractivity contribution in [3.63, 3.8) is 0 Å². The lowest BCUT2D eigenvalue weighted by molar-refractivity contribution is 0.0692. The number of hydrogen-bond acceptors (Lipinski definition) is 5. The summed E-state index contributed by atoms with van der Waals surface area (Å²) in [7, 11) is -3.81. The highest BCUT2D eigenvalue weighted by molar-refractivity contribution is 7.89. The molecule has 10 heteroatoms. The van der Waals surface area contributed by atoms with Crippen molar-refractivity contribution in [1.82, 2.24) is 24.2 Å². The summed E-state index contributed by atoms with van der Waals surface area (Å²) in [4.78, 5) is 14.2. The van der Waals surface area contributed by atoms with E-state index in [1.165, 1.54) is 32.1 Å². The van der Waals surface area contributed by atoms with Crippen molar-refractivity contribution in [3.8, 4) is 5.69 Å². The molecule has 29 heavy (non-hydrogen) atoms. The quantitative estimate of drug-likeness (QED) is 0.645. The van der Waals surface area contributed by atoms with Crippen LogP contribution in [0, 0.1) is 5.82 Å². The largest absolute Gasteiger partial charge is 0.335 e. The van der Waals surface area contributed by atoms with Crippen LogP contribution in [0.1, 0.15) is 10.5 Å². The Labute approximate surface area is 167 Å². The average molecular weight is 415 g/mol. The number of carbonyl (C=O) groups is 1. The van der Waals surface area contributed by atoms with Gasteiger partial charge in [-0.15, -0.1) is 5.10 Å². The minimum atomic E-state index is -3.81. The molecule has 0 bridgehead atoms. The molecule has 1 aromatic heterocycles. The molecule has 1 amide bonds. The van der Waals surface area contributed by atoms with Crippen LogP contribution in [-0.4, -0.2) is 64.7 Å². The average Bonchev–Trinajstić information content (AvgIpc) is 3.24. The zero-order valence-corrected chi connectivity index (χ0v) is 16.2. The third-order valence-electron chi connectivity index (χ3n) is 4.69. The molecular formula is C19H18FN5O3S. The topological polar surface area (TPSA) is 88.4 Å². The lowest BCUT2D eigenvalue weighted by atomic mass is 10.3. The Bertz CT molecular complexity index is 1130. The van der Waals surface area contributed by atoms with Crippen LogP contribution in [0.3, 0.4) is 0 Å². The van der Waals surface area contributed by atoms with Gasteiger partial charge in [-0.2, -0.15) is 4.31 Å². The third-order valence-corrected chi connectivity index (χ3v) is 6.59. The van der Waals surface area contributed by atoms with Crippen molar-refractivity contribution in [2.24, 2.45) is 0 Å². The van der Waals surface area contributed by atoms with Crippen LogP contribution in [0.4, 0.5) is 4.39 Å². The highest BCUT2D eigenvalue weighted by atomic mass is 32.2. The third kappa shape index (κ3) is 3.89. The number of halogens is 1. The van der Waals surface area contributed by atoms with E-state index in [4.69, 9.17) is 0 Å². The molecule has 1 aliphatic heterocycles. The molecule has 8 nitrogen and oxygen atoms in total. The summed E-state index contributed by atoms with van der Waals surface area (Å²) in [5, 5.41) is 7.92. The van der Waals surface area contributed by atoms with E-state index in [9.17, 15) is 17.6 Å². The van der Waals surface area contributed by atoms with Crippen LogP contribution in [0.2, 0.25) is 0 Å². The molecule has 0 atom stereocenters. The molecule has 4 rings (SSSR count). The van der Waals surface area contributed by atoms with Crippen molar-refractivity contribution in [3.05, 3.63) is 72.3 Å². The van der Waals surface area contributed by atoms with Gasteiger partial charge in [0.25, 0.3) is 5.91 Å². The second-order valence-electron chi connectivity index (χ2n) is 6.54. The standard InChI is InChI=1S/C19H18FN5O3S/c20-15-5-4-8-17(13-15)29(27,28)24-11-9-23(10-12-24)19(26)18-14-25(22-21-18)16-6-2-1-3-7-16/h1-8,13-14H,9-12H2. The monoisotopic (exact) mass is 415 g/mol. The van der Waals surface area contributed by atoms with E-state index in [1.54, 1.807) is 6.20 Å². The van der Waals surface area contributed by atoms with Crippen molar-refractivity contribution < 1.29 is 17.6 Å². The summed E-state index contributed by atoms with van der Waals surface area (Å²) < 4.78 is 41.5. The Morgan fingerprint density at radius 1 is 0.966 bits per heavy atom. The predicted octanol–water partition coefficient (Wildman–Crippen LogP) is 1.55. The molecule has 2 heterocycles. The fourth-order valence-corrected chi connectivity index (χ4v) is 4.59. The highest BCUT2D eigenvalue weighted by Gasteiger charge is 2.31. The Morgan fingerprint density at radius 3 is 2.38 bits per heavy atom. The van der Waals surface area contributed by atoms with Crippen LogP contribution in [-0.2, 0) is 10.0 Å². The second kappa shape index (κ2) is 7.72. The van der Waals surface area contributed by atoms with Crippen LogP contribution < -0.4 is 0 Å². The van der Waals surface area contributed by atoms with Crippen LogP contribution >= 0.6 is 0 Å². The Balaban J connectivity index is 1.43. The Morgan fingerprint density at radius 2 is 1.69 bits per heavy atom. The Kier molecular flexibility index (Phi) is 5.12. The van der Waals surface area contributed by atoms with Crippen LogP contribution in [0.5, 0.6) is 0 Å². The van der Waals surface area contributed by atoms with E-state index in [0.29, 0.717) is 0 Å². The number of piperazine rings is 1. The first kappa shape index (κ1) is 19.2. The van der Waals surface area contributed by atoms with E-state index in [0.717, 1.165) is 11.8 Å². The second-order valence-corrected chi connectivity index (χ2v) is 8.48. The summed E-state index contributed by atoms with van der Waals surface area (Å²) in [5.41, 5.74) is 0.973. The lowest BCUT2D eigenvalue weighted by Gasteiger charge is -2.33. The maximum absolute atomic E-state index is 13.4. The number of carbonyl (C=O) groups excluding carboxylic acids is 1. The zero-order valence-electron chi connectivity index (χ0n) is 15.3. The molecule has 2 aromatic carbocycles. The lowest BCUT2D eigenvalue weighted by Crippen LogP contribution is -2.50. The summed E-state index contributed by atoms with van der Waals surface area (Å²) in [6.07, 6.45) is 1.55. The van der Waals surface area contributed by atoms with Gasteiger partial charge in [0.15, 0.2) is 5.69 Å². The molecular weight excluding hydrogens is 397 g/mol. The van der Waals surface area contributed by atoms with Gasteiger partial charge in [-0.1, -0.05) is 29.5 Å². The van der Waals surface area contributed by atoms with Crippen molar-refractivity contribution in [2.75, 3.05) is 26.2 Å². The molecule has 3 aromatic rings. The Hall–Kier alpha value is -3.11. The first-order valence-corrected chi connectivity index (χ1v) is 10.4. The fraction of sp³-hybridized carbons (Fsp3) is 0.211. The zero-order chi connectivity index (χ0) is 20.4. The molecule has 0 N–H and O–H groups in total. The summed E-state index contributed by atoms with van der Waals surface area (Å²) in [6, 6.07) is 14.2. The molecule has 1 fully saturated rings. The first-order chi connectivity index (χ1) is 13.9. The van der Waals surface area contributed by atoms with Gasteiger partial charge in [-0.05, 0) is 30.3 Å². The predicted molar refractivity (Wildman–Crippen MR) is 102 cm³/mol. The number of para-hydroxylation sites is 1. The van der Waals surface area contributed by atoms with Crippen molar-refractivity contribution >= 4 is 15.9 Å². The number of amides is 1. The number of nitrogens with zero attached hydrogens (tertiary/aromatic N) is 5. The van der Waals surface area contributed by atoms with E-state index >= 15 is 0 Å². The van der Waals surface area contributed by atoms with Gasteiger partial charge in [-0.25, -0.2) is 17.5 Å². The molecule has 0 spiro atoms. The maximum atomic E-state index is 13.4. The molecule has 150 valence electrons. The molecule has 0 saturated carbocycles. The number of hydrogen-bond donors (Lipinski definition) is 0. The molecule has 1 saturated heterocycles. The molecule has 0 radical (unpaired) electrons. The summed E-state index contributed by atoms with van der Waals surface area (Å²) >= 11 is 0. The SMILES string of the molecule is O=C(c1cn(-c2ccccc2)nn1)N1CCN(S(=O)(=O)c2cccc(F)c2)CC1. The number of sulfonamides is 1. The van der Waals surface area contributed by atoms with E-state index in [2.05, 4.69) is 10.3 Å². The van der Waals surface area contributed by atoms with Gasteiger partial charge < -0.3 is 4.90 Å². The van der Waals surface area contributed by atoms with E-state index < -0.39 is 15.8 Å². The fourth-order valence-electron chi connectivity index (χ4n) is 3.14. The normalized spacial score (nSPS) is 15.4. The van der Waals surface area contributed by atoms with Crippen molar-refractivity contribution in [2.45, 2.75) is 4.90 Å². The van der Waals surface area contributed by atoms with Crippen LogP contribution in [0.25, 0.3) is 5.69 Å². The summed E-state index contributed by atoms with van der Waals surface area (Å²) in [5.74, 6) is -0.920. The van der Waals surface area contributed by atoms with Crippen LogP contribution in [0.15, 0.2) is 65.7 Å². The van der Waals surface area contributed by atoms with Gasteiger partial charge in [0, 0.05) is 26.2 Å². The van der Waals surface area contributed by atoms with Crippen molar-refractivity contribution in [1.29, 1.82) is 0 Å². The molecule has 0 unspecified atom stereocenters. The number of aromatic nitrogens is 3. The van der Waals surface area contributed by atoms with Gasteiger partial charge >= 0.3 is 0 Å². The maximum Gasteiger partial charge on any atom is 0.276 e. The smallest absolute Gasteiger partial charge is 0.276 e. The minimum absolute atomic E-state index is 0.0944. The number of rotatable bonds is 4. The van der Waals surface area contributed by atoms with Gasteiger partial charge in [0.2, 0.25) is 10.0 Å². The van der Waals surface area contributed by atoms with Gasteiger partial charge in [0.1, 0.15) is 5.82 Å². The van der Waals surface area contributed by atoms with E-state index in [-0.39, 0.29) is 42.7 Å². The summed E-state index contributed by atoms with van der Waals surface area (Å²) in [6.45, 7) is 0.673. The first-order valence-electron chi connectivity index (χ1n) is 8.98. The van der Waals surface area contributed by atoms with Gasteiger partial charge in [0.05, 0.1) is 16.8 Å². The van der Waals surface area contributed by atoms with Gasteiger partial charge in [-0.3, -0.25) is 4.79 Å².